The Hall–Kier alpha value is -0.230. The summed E-state index contributed by atoms with van der Waals surface area (Å²) < 4.78 is 33.9. The molecule has 0 heterocycles. The first kappa shape index (κ1) is 9.77. The van der Waals surface area contributed by atoms with Crippen molar-refractivity contribution < 1.29 is 12.6 Å². The van der Waals surface area contributed by atoms with E-state index in [-0.39, 0.29) is 17.6 Å². The molecular weight excluding hydrogens is 174 g/mol. The minimum Gasteiger partial charge on any atom is -0.238 e. The third kappa shape index (κ3) is 7.77. The molecule has 0 amide bonds. The van der Waals surface area contributed by atoms with Crippen molar-refractivity contribution in [2.45, 2.75) is 6.42 Å². The van der Waals surface area contributed by atoms with Gasteiger partial charge in [0.15, 0.2) is 0 Å². The Morgan fingerprint density at radius 3 is 2.60 bits per heavy atom. The Balaban J connectivity index is 3.57. The first-order valence-electron chi connectivity index (χ1n) is 2.58. The maximum absolute atomic E-state index is 10.5. The van der Waals surface area contributed by atoms with Crippen LogP contribution in [0.4, 0.5) is 0 Å². The van der Waals surface area contributed by atoms with Gasteiger partial charge >= 0.3 is 0 Å². The molecule has 0 rings (SSSR count). The first-order valence-corrected chi connectivity index (χ1v) is 5.40. The molecule has 0 aliphatic rings. The maximum atomic E-state index is 10.5. The number of hydrogen-bond acceptors (Lipinski definition) is 3. The molecule has 0 saturated heterocycles. The minimum atomic E-state index is -2.90. The van der Waals surface area contributed by atoms with E-state index in [2.05, 4.69) is 4.40 Å². The van der Waals surface area contributed by atoms with Crippen LogP contribution in [0.15, 0.2) is 4.40 Å². The SMILES string of the molecule is CS(=O)(=O)CC/C=N/[SH]=O. The highest BCUT2D eigenvalue weighted by molar-refractivity contribution is 7.90. The molecule has 0 aromatic rings. The van der Waals surface area contributed by atoms with Crippen molar-refractivity contribution >= 4 is 27.9 Å². The van der Waals surface area contributed by atoms with E-state index in [1.807, 2.05) is 0 Å². The van der Waals surface area contributed by atoms with E-state index in [0.29, 0.717) is 6.42 Å². The quantitative estimate of drug-likeness (QED) is 0.465. The van der Waals surface area contributed by atoms with E-state index in [0.717, 1.165) is 6.26 Å². The van der Waals surface area contributed by atoms with Crippen LogP contribution in [0, 0.1) is 0 Å². The fourth-order valence-corrected chi connectivity index (χ4v) is 1.07. The summed E-state index contributed by atoms with van der Waals surface area (Å²) in [5.41, 5.74) is 0. The number of sulfone groups is 1. The first-order chi connectivity index (χ1) is 4.56. The fourth-order valence-electron chi connectivity index (χ4n) is 0.358. The Morgan fingerprint density at radius 2 is 2.20 bits per heavy atom. The normalized spacial score (nSPS) is 12.5. The van der Waals surface area contributed by atoms with Crippen molar-refractivity contribution in [2.75, 3.05) is 12.0 Å². The van der Waals surface area contributed by atoms with E-state index in [4.69, 9.17) is 0 Å². The molecule has 0 aliphatic heterocycles. The molecule has 0 aromatic heterocycles. The number of nitrogens with zero attached hydrogens (tertiary/aromatic N) is 1. The van der Waals surface area contributed by atoms with Gasteiger partial charge in [-0.15, -0.1) is 0 Å². The molecule has 6 heteroatoms. The standard InChI is InChI=1S/C4H9NO3S2/c1-10(7,8)4-2-3-5-9-6/h3,9H,2,4H2,1H3/b5-3+. The zero-order valence-corrected chi connectivity index (χ0v) is 7.23. The van der Waals surface area contributed by atoms with Crippen molar-refractivity contribution in [3.05, 3.63) is 0 Å². The van der Waals surface area contributed by atoms with Crippen molar-refractivity contribution in [2.24, 2.45) is 4.40 Å². The summed E-state index contributed by atoms with van der Waals surface area (Å²) in [5, 5.41) is 0. The topological polar surface area (TPSA) is 63.6 Å². The van der Waals surface area contributed by atoms with Gasteiger partial charge < -0.3 is 0 Å². The van der Waals surface area contributed by atoms with Crippen LogP contribution >= 0.6 is 0 Å². The average molecular weight is 183 g/mol. The van der Waals surface area contributed by atoms with Gasteiger partial charge in [0.25, 0.3) is 0 Å². The second-order valence-corrected chi connectivity index (χ2v) is 4.45. The Morgan fingerprint density at radius 1 is 1.60 bits per heavy atom. The molecule has 0 saturated carbocycles. The summed E-state index contributed by atoms with van der Waals surface area (Å²) in [6.07, 6.45) is 2.80. The number of hydrogen-bond donors (Lipinski definition) is 1. The van der Waals surface area contributed by atoms with Crippen molar-refractivity contribution in [1.29, 1.82) is 0 Å². The smallest absolute Gasteiger partial charge is 0.147 e. The Kier molecular flexibility index (Phi) is 4.46. The van der Waals surface area contributed by atoms with E-state index >= 15 is 0 Å². The predicted molar refractivity (Wildman–Crippen MR) is 42.4 cm³/mol. The highest BCUT2D eigenvalue weighted by Gasteiger charge is 1.97. The average Bonchev–Trinajstić information content (AvgIpc) is 1.78. The molecule has 0 fully saturated rings. The third-order valence-corrected chi connectivity index (χ3v) is 1.98. The van der Waals surface area contributed by atoms with Crippen LogP contribution in [0.5, 0.6) is 0 Å². The lowest BCUT2D eigenvalue weighted by Crippen LogP contribution is -2.02. The Labute approximate surface area is 63.9 Å². The molecule has 0 radical (unpaired) electrons. The maximum Gasteiger partial charge on any atom is 0.147 e. The molecule has 0 aromatic carbocycles. The van der Waals surface area contributed by atoms with Gasteiger partial charge in [0, 0.05) is 12.5 Å². The number of rotatable bonds is 4. The second-order valence-electron chi connectivity index (χ2n) is 1.80. The van der Waals surface area contributed by atoms with Gasteiger partial charge in [0.1, 0.15) is 21.7 Å². The van der Waals surface area contributed by atoms with Crippen molar-refractivity contribution in [3.8, 4) is 0 Å². The molecule has 10 heavy (non-hydrogen) atoms. The molecule has 0 bridgehead atoms. The van der Waals surface area contributed by atoms with Crippen molar-refractivity contribution in [3.63, 3.8) is 0 Å². The van der Waals surface area contributed by atoms with Gasteiger partial charge in [-0.25, -0.2) is 17.0 Å². The highest BCUT2D eigenvalue weighted by Crippen LogP contribution is 1.84. The van der Waals surface area contributed by atoms with Crippen LogP contribution in [-0.4, -0.2) is 30.8 Å². The van der Waals surface area contributed by atoms with Gasteiger partial charge in [-0.3, -0.25) is 0 Å². The van der Waals surface area contributed by atoms with Gasteiger partial charge in [-0.2, -0.15) is 0 Å². The molecule has 4 nitrogen and oxygen atoms in total. The molecule has 0 N–H and O–H groups in total. The summed E-state index contributed by atoms with van der Waals surface area (Å²) in [6.45, 7) is 0. The lowest BCUT2D eigenvalue weighted by Gasteiger charge is -1.88. The zero-order valence-electron chi connectivity index (χ0n) is 5.52. The monoisotopic (exact) mass is 183 g/mol. The van der Waals surface area contributed by atoms with Crippen LogP contribution < -0.4 is 0 Å². The molecular formula is C4H9NO3S2. The molecule has 0 unspecified atom stereocenters. The lowest BCUT2D eigenvalue weighted by molar-refractivity contribution is 0.602. The van der Waals surface area contributed by atoms with Gasteiger partial charge in [-0.05, 0) is 6.42 Å². The van der Waals surface area contributed by atoms with E-state index in [1.54, 1.807) is 0 Å². The van der Waals surface area contributed by atoms with Crippen molar-refractivity contribution in [1.82, 2.24) is 0 Å². The van der Waals surface area contributed by atoms with E-state index in [9.17, 15) is 12.6 Å². The van der Waals surface area contributed by atoms with Crippen LogP contribution in [0.3, 0.4) is 0 Å². The summed E-state index contributed by atoms with van der Waals surface area (Å²) >= 11 is -0.324. The summed E-state index contributed by atoms with van der Waals surface area (Å²) in [5.74, 6) is 0.0615. The second kappa shape index (κ2) is 4.56. The molecule has 0 atom stereocenters. The molecule has 0 aliphatic carbocycles. The Bertz CT molecular complexity index is 219. The fraction of sp³-hybridized carbons (Fsp3) is 0.750. The van der Waals surface area contributed by atoms with Crippen LogP contribution in [0.2, 0.25) is 0 Å². The zero-order chi connectivity index (χ0) is 8.04. The summed E-state index contributed by atoms with van der Waals surface area (Å²) in [7, 11) is -2.90. The van der Waals surface area contributed by atoms with Crippen LogP contribution in [-0.2, 0) is 21.7 Å². The van der Waals surface area contributed by atoms with Crippen LogP contribution in [0.25, 0.3) is 0 Å². The highest BCUT2D eigenvalue weighted by atomic mass is 32.2. The van der Waals surface area contributed by atoms with E-state index in [1.165, 1.54) is 6.21 Å². The lowest BCUT2D eigenvalue weighted by atomic mass is 10.5. The van der Waals surface area contributed by atoms with Gasteiger partial charge in [0.05, 0.1) is 5.75 Å². The molecule has 0 spiro atoms. The van der Waals surface area contributed by atoms with Crippen LogP contribution in [0.1, 0.15) is 6.42 Å². The molecule has 60 valence electrons. The summed E-state index contributed by atoms with van der Waals surface area (Å²) in [4.78, 5) is 0. The largest absolute Gasteiger partial charge is 0.238 e. The number of thiol groups is 1. The summed E-state index contributed by atoms with van der Waals surface area (Å²) in [6, 6.07) is 0. The van der Waals surface area contributed by atoms with Gasteiger partial charge in [-0.1, -0.05) is 0 Å². The van der Waals surface area contributed by atoms with Gasteiger partial charge in [0.2, 0.25) is 0 Å². The predicted octanol–water partition coefficient (Wildman–Crippen LogP) is -0.648. The third-order valence-electron chi connectivity index (χ3n) is 0.747. The van der Waals surface area contributed by atoms with E-state index < -0.39 is 9.84 Å². The minimum absolute atomic E-state index is 0.0615.